The maximum atomic E-state index is 12.9. The maximum Gasteiger partial charge on any atom is 0.256 e. The lowest BCUT2D eigenvalue weighted by atomic mass is 10.1. The van der Waals surface area contributed by atoms with Gasteiger partial charge in [0.2, 0.25) is 11.9 Å². The van der Waals surface area contributed by atoms with Gasteiger partial charge in [-0.25, -0.2) is 4.98 Å². The number of hydrogen-bond acceptors (Lipinski definition) is 3. The zero-order chi connectivity index (χ0) is 13.8. The monoisotopic (exact) mass is 259 g/mol. The number of carbonyl (C=O) groups is 2. The van der Waals surface area contributed by atoms with Crippen LogP contribution in [-0.4, -0.2) is 16.8 Å². The average molecular weight is 259 g/mol. The first-order chi connectivity index (χ1) is 9.06. The Hall–Kier alpha value is -2.76. The van der Waals surface area contributed by atoms with Crippen molar-refractivity contribution in [3.63, 3.8) is 0 Å². The summed E-state index contributed by atoms with van der Waals surface area (Å²) in [5, 5.41) is 2.42. The first-order valence-electron chi connectivity index (χ1n) is 5.40. The Morgan fingerprint density at radius 1 is 1.11 bits per heavy atom. The van der Waals surface area contributed by atoms with Crippen LogP contribution in [0.1, 0.15) is 20.7 Å². The lowest BCUT2D eigenvalue weighted by molar-refractivity contribution is 0.1000. The van der Waals surface area contributed by atoms with Gasteiger partial charge in [0.1, 0.15) is 5.82 Å². The van der Waals surface area contributed by atoms with Crippen LogP contribution >= 0.6 is 0 Å². The SMILES string of the molecule is NC(=O)c1cccc(C(=O)Nc2cccc(F)n2)c1. The van der Waals surface area contributed by atoms with Crippen LogP contribution in [0.15, 0.2) is 42.5 Å². The minimum Gasteiger partial charge on any atom is -0.366 e. The fraction of sp³-hybridized carbons (Fsp3) is 0. The zero-order valence-corrected chi connectivity index (χ0v) is 9.76. The van der Waals surface area contributed by atoms with Crippen LogP contribution in [0.3, 0.4) is 0 Å². The molecule has 6 heteroatoms. The predicted molar refractivity (Wildman–Crippen MR) is 67.1 cm³/mol. The largest absolute Gasteiger partial charge is 0.366 e. The Balaban J connectivity index is 2.20. The fourth-order valence-electron chi connectivity index (χ4n) is 1.48. The van der Waals surface area contributed by atoms with E-state index in [4.69, 9.17) is 5.73 Å². The molecule has 0 atom stereocenters. The molecule has 1 heterocycles. The predicted octanol–water partition coefficient (Wildman–Crippen LogP) is 1.57. The van der Waals surface area contributed by atoms with E-state index in [1.165, 1.54) is 42.5 Å². The number of halogens is 1. The summed E-state index contributed by atoms with van der Waals surface area (Å²) in [6.45, 7) is 0. The van der Waals surface area contributed by atoms with Gasteiger partial charge in [-0.15, -0.1) is 0 Å². The molecule has 1 aromatic carbocycles. The molecule has 5 nitrogen and oxygen atoms in total. The molecule has 0 unspecified atom stereocenters. The molecule has 0 spiro atoms. The number of amides is 2. The zero-order valence-electron chi connectivity index (χ0n) is 9.76. The summed E-state index contributed by atoms with van der Waals surface area (Å²) in [6.07, 6.45) is 0. The number of rotatable bonds is 3. The minimum atomic E-state index is -0.691. The van der Waals surface area contributed by atoms with Crippen molar-refractivity contribution in [2.24, 2.45) is 5.73 Å². The maximum absolute atomic E-state index is 12.9. The van der Waals surface area contributed by atoms with Crippen molar-refractivity contribution < 1.29 is 14.0 Å². The van der Waals surface area contributed by atoms with Crippen molar-refractivity contribution in [2.75, 3.05) is 5.32 Å². The van der Waals surface area contributed by atoms with Crippen molar-refractivity contribution in [1.29, 1.82) is 0 Å². The Morgan fingerprint density at radius 2 is 1.79 bits per heavy atom. The van der Waals surface area contributed by atoms with Crippen molar-refractivity contribution in [3.05, 3.63) is 59.5 Å². The quantitative estimate of drug-likeness (QED) is 0.820. The Bertz CT molecular complexity index is 643. The van der Waals surface area contributed by atoms with Crippen molar-refractivity contribution in [3.8, 4) is 0 Å². The van der Waals surface area contributed by atoms with Crippen LogP contribution < -0.4 is 11.1 Å². The number of carbonyl (C=O) groups excluding carboxylic acids is 2. The third-order valence-corrected chi connectivity index (χ3v) is 2.37. The first-order valence-corrected chi connectivity index (χ1v) is 5.40. The van der Waals surface area contributed by atoms with Gasteiger partial charge in [0.05, 0.1) is 0 Å². The highest BCUT2D eigenvalue weighted by Gasteiger charge is 2.09. The molecule has 3 N–H and O–H groups in total. The lowest BCUT2D eigenvalue weighted by Gasteiger charge is -2.05. The number of nitrogens with one attached hydrogen (secondary N) is 1. The van der Waals surface area contributed by atoms with Gasteiger partial charge in [-0.05, 0) is 30.3 Å². The second kappa shape index (κ2) is 5.26. The molecule has 0 aliphatic carbocycles. The molecule has 2 aromatic rings. The molecule has 0 aliphatic rings. The Morgan fingerprint density at radius 3 is 2.47 bits per heavy atom. The van der Waals surface area contributed by atoms with Gasteiger partial charge >= 0.3 is 0 Å². The molecule has 0 aliphatic heterocycles. The normalized spacial score (nSPS) is 9.95. The van der Waals surface area contributed by atoms with Crippen molar-refractivity contribution in [2.45, 2.75) is 0 Å². The molecule has 2 rings (SSSR count). The minimum absolute atomic E-state index is 0.0921. The number of nitrogens with two attached hydrogens (primary N) is 1. The molecule has 2 amide bonds. The van der Waals surface area contributed by atoms with E-state index >= 15 is 0 Å². The number of pyridine rings is 1. The fourth-order valence-corrected chi connectivity index (χ4v) is 1.48. The van der Waals surface area contributed by atoms with Gasteiger partial charge in [-0.1, -0.05) is 12.1 Å². The summed E-state index contributed by atoms with van der Waals surface area (Å²) in [5.41, 5.74) is 5.58. The molecule has 0 fully saturated rings. The van der Waals surface area contributed by atoms with Crippen LogP contribution in [0.4, 0.5) is 10.2 Å². The van der Waals surface area contributed by atoms with Gasteiger partial charge in [0, 0.05) is 11.1 Å². The lowest BCUT2D eigenvalue weighted by Crippen LogP contribution is -2.16. The van der Waals surface area contributed by atoms with Gasteiger partial charge in [0.15, 0.2) is 0 Å². The summed E-state index contributed by atoms with van der Waals surface area (Å²) >= 11 is 0. The highest BCUT2D eigenvalue weighted by molar-refractivity contribution is 6.05. The van der Waals surface area contributed by atoms with E-state index in [-0.39, 0.29) is 16.9 Å². The van der Waals surface area contributed by atoms with Crippen LogP contribution in [0.5, 0.6) is 0 Å². The molecule has 19 heavy (non-hydrogen) atoms. The van der Waals surface area contributed by atoms with Gasteiger partial charge in [-0.3, -0.25) is 9.59 Å². The summed E-state index contributed by atoms with van der Waals surface area (Å²) in [6, 6.07) is 9.96. The van der Waals surface area contributed by atoms with E-state index in [1.54, 1.807) is 0 Å². The summed E-state index contributed by atoms with van der Waals surface area (Å²) in [4.78, 5) is 26.4. The second-order valence-electron chi connectivity index (χ2n) is 3.74. The Kier molecular flexibility index (Phi) is 3.51. The van der Waals surface area contributed by atoms with E-state index in [1.807, 2.05) is 0 Å². The summed E-state index contributed by atoms with van der Waals surface area (Å²) in [7, 11) is 0. The van der Waals surface area contributed by atoms with E-state index in [9.17, 15) is 14.0 Å². The van der Waals surface area contributed by atoms with Crippen LogP contribution in [-0.2, 0) is 0 Å². The van der Waals surface area contributed by atoms with E-state index < -0.39 is 17.8 Å². The number of aromatic nitrogens is 1. The van der Waals surface area contributed by atoms with E-state index in [0.29, 0.717) is 0 Å². The standard InChI is InChI=1S/C13H10FN3O2/c14-10-5-2-6-11(16-10)17-13(19)9-4-1-3-8(7-9)12(15)18/h1-7H,(H2,15,18)(H,16,17,19). The molecular formula is C13H10FN3O2. The highest BCUT2D eigenvalue weighted by atomic mass is 19.1. The van der Waals surface area contributed by atoms with Gasteiger partial charge in [0.25, 0.3) is 5.91 Å². The van der Waals surface area contributed by atoms with Gasteiger partial charge in [-0.2, -0.15) is 4.39 Å². The van der Waals surface area contributed by atoms with Crippen molar-refractivity contribution >= 4 is 17.6 Å². The number of nitrogens with zero attached hydrogens (tertiary/aromatic N) is 1. The first kappa shape index (κ1) is 12.7. The number of anilines is 1. The summed E-state index contributed by atoms with van der Waals surface area (Å²) in [5.74, 6) is -1.72. The highest BCUT2D eigenvalue weighted by Crippen LogP contribution is 2.09. The number of benzene rings is 1. The molecule has 0 saturated heterocycles. The van der Waals surface area contributed by atoms with Crippen LogP contribution in [0, 0.1) is 5.95 Å². The smallest absolute Gasteiger partial charge is 0.256 e. The Labute approximate surface area is 108 Å². The van der Waals surface area contributed by atoms with E-state index in [2.05, 4.69) is 10.3 Å². The molecule has 96 valence electrons. The van der Waals surface area contributed by atoms with Gasteiger partial charge < -0.3 is 11.1 Å². The van der Waals surface area contributed by atoms with Crippen LogP contribution in [0.25, 0.3) is 0 Å². The molecule has 0 bridgehead atoms. The van der Waals surface area contributed by atoms with E-state index in [0.717, 1.165) is 0 Å². The second-order valence-corrected chi connectivity index (χ2v) is 3.74. The molecule has 0 radical (unpaired) electrons. The molecule has 1 aromatic heterocycles. The number of hydrogen-bond donors (Lipinski definition) is 2. The summed E-state index contributed by atoms with van der Waals surface area (Å²) < 4.78 is 12.9. The topological polar surface area (TPSA) is 85.1 Å². The molecular weight excluding hydrogens is 249 g/mol. The van der Waals surface area contributed by atoms with Crippen molar-refractivity contribution in [1.82, 2.24) is 4.98 Å². The third-order valence-electron chi connectivity index (χ3n) is 2.37. The average Bonchev–Trinajstić information content (AvgIpc) is 2.39. The van der Waals surface area contributed by atoms with Crippen LogP contribution in [0.2, 0.25) is 0 Å². The molecule has 0 saturated carbocycles. The number of primary amides is 1. The third kappa shape index (κ3) is 3.12.